The average molecular weight is 423 g/mol. The van der Waals surface area contributed by atoms with Crippen LogP contribution in [0, 0.1) is 0 Å². The smallest absolute Gasteiger partial charge is 0.268 e. The van der Waals surface area contributed by atoms with Crippen LogP contribution < -0.4 is 15.8 Å². The summed E-state index contributed by atoms with van der Waals surface area (Å²) in [5.41, 5.74) is 6.03. The van der Waals surface area contributed by atoms with Crippen LogP contribution >= 0.6 is 34.5 Å². The lowest BCUT2D eigenvalue weighted by molar-refractivity contribution is -0.120. The van der Waals surface area contributed by atoms with E-state index in [0.717, 1.165) is 29.8 Å². The number of hydrogen-bond acceptors (Lipinski definition) is 4. The van der Waals surface area contributed by atoms with Gasteiger partial charge >= 0.3 is 0 Å². The molecule has 9 heteroatoms. The molecule has 0 saturated heterocycles. The van der Waals surface area contributed by atoms with Gasteiger partial charge in [0.05, 0.1) is 27.5 Å². The van der Waals surface area contributed by atoms with Crippen LogP contribution in [0.5, 0.6) is 0 Å². The summed E-state index contributed by atoms with van der Waals surface area (Å²) in [6.07, 6.45) is 1.96. The van der Waals surface area contributed by atoms with E-state index in [9.17, 15) is 9.59 Å². The molecule has 0 saturated carbocycles. The van der Waals surface area contributed by atoms with Crippen LogP contribution in [0.2, 0.25) is 9.36 Å². The van der Waals surface area contributed by atoms with Crippen molar-refractivity contribution in [2.24, 2.45) is 0 Å². The second-order valence-electron chi connectivity index (χ2n) is 6.21. The van der Waals surface area contributed by atoms with E-state index >= 15 is 0 Å². The largest absolute Gasteiger partial charge is 0.349 e. The van der Waals surface area contributed by atoms with E-state index in [4.69, 9.17) is 23.2 Å². The van der Waals surface area contributed by atoms with Gasteiger partial charge in [-0.2, -0.15) is 0 Å². The van der Waals surface area contributed by atoms with Gasteiger partial charge < -0.3 is 10.3 Å². The topological polar surface area (TPSA) is 77.2 Å². The molecular weight excluding hydrogens is 407 g/mol. The van der Waals surface area contributed by atoms with E-state index < -0.39 is 0 Å². The monoisotopic (exact) mass is 422 g/mol. The molecule has 0 unspecified atom stereocenters. The number of rotatable bonds is 4. The Labute approximate surface area is 169 Å². The first kappa shape index (κ1) is 18.2. The number of benzene rings is 1. The molecule has 0 bridgehead atoms. The molecule has 6 nitrogen and oxygen atoms in total. The van der Waals surface area contributed by atoms with E-state index in [2.05, 4.69) is 21.8 Å². The van der Waals surface area contributed by atoms with Gasteiger partial charge in [0.15, 0.2) is 0 Å². The number of fused-ring (bicyclic) bond motifs is 2. The number of nitrogens with one attached hydrogen (secondary N) is 3. The fraction of sp³-hybridized carbons (Fsp3) is 0.222. The molecule has 4 rings (SSSR count). The number of hydrogen-bond donors (Lipinski definition) is 3. The SMILES string of the molecule is O=C(CNC(=O)c1cc2sc(Cl)c(Cl)c2[nH]1)NN1CCCc2ccccc21. The summed E-state index contributed by atoms with van der Waals surface area (Å²) in [4.78, 5) is 27.5. The third kappa shape index (κ3) is 3.63. The number of hydrazine groups is 1. The number of anilines is 1. The molecule has 1 aliphatic rings. The first-order valence-corrected chi connectivity index (χ1v) is 10.00. The highest BCUT2D eigenvalue weighted by Crippen LogP contribution is 2.38. The summed E-state index contributed by atoms with van der Waals surface area (Å²) < 4.78 is 1.27. The standard InChI is InChI=1S/C18H16Cl2N4O2S/c19-15-16-13(27-17(15)20)8-11(22-16)18(26)21-9-14(25)23-24-7-3-5-10-4-1-2-6-12(10)24/h1-2,4,6,8,22H,3,5,7,9H2,(H,21,26)(H,23,25). The predicted molar refractivity (Wildman–Crippen MR) is 109 cm³/mol. The highest BCUT2D eigenvalue weighted by molar-refractivity contribution is 7.23. The molecule has 3 N–H and O–H groups in total. The van der Waals surface area contributed by atoms with Crippen molar-refractivity contribution in [2.75, 3.05) is 18.1 Å². The number of carbonyl (C=O) groups excluding carboxylic acids is 2. The van der Waals surface area contributed by atoms with Gasteiger partial charge in [0.2, 0.25) is 0 Å². The van der Waals surface area contributed by atoms with Crippen molar-refractivity contribution in [2.45, 2.75) is 12.8 Å². The molecule has 0 radical (unpaired) electrons. The van der Waals surface area contributed by atoms with Gasteiger partial charge in [-0.15, -0.1) is 11.3 Å². The Bertz CT molecular complexity index is 1030. The van der Waals surface area contributed by atoms with Crippen molar-refractivity contribution in [1.82, 2.24) is 15.7 Å². The van der Waals surface area contributed by atoms with Crippen molar-refractivity contribution < 1.29 is 9.59 Å². The number of H-pyrrole nitrogens is 1. The highest BCUT2D eigenvalue weighted by atomic mass is 35.5. The number of para-hydroxylation sites is 1. The van der Waals surface area contributed by atoms with Crippen molar-refractivity contribution in [3.63, 3.8) is 0 Å². The molecule has 1 aromatic carbocycles. The number of thiophene rings is 1. The van der Waals surface area contributed by atoms with Crippen LogP contribution in [0.1, 0.15) is 22.5 Å². The summed E-state index contributed by atoms with van der Waals surface area (Å²) in [6, 6.07) is 9.65. The van der Waals surface area contributed by atoms with E-state index in [0.29, 0.717) is 20.6 Å². The maximum atomic E-state index is 12.3. The van der Waals surface area contributed by atoms with Gasteiger partial charge in [0.25, 0.3) is 11.8 Å². The lowest BCUT2D eigenvalue weighted by Crippen LogP contribution is -2.48. The molecule has 0 aliphatic carbocycles. The molecule has 2 amide bonds. The second kappa shape index (κ2) is 7.42. The average Bonchev–Trinajstić information content (AvgIpc) is 3.20. The Morgan fingerprint density at radius 2 is 2.07 bits per heavy atom. The fourth-order valence-corrected chi connectivity index (χ4v) is 4.62. The Morgan fingerprint density at radius 1 is 1.26 bits per heavy atom. The predicted octanol–water partition coefficient (Wildman–Crippen LogP) is 3.75. The third-order valence-corrected chi connectivity index (χ3v) is 6.33. The van der Waals surface area contributed by atoms with Crippen molar-refractivity contribution in [3.05, 3.63) is 50.9 Å². The Balaban J connectivity index is 1.37. The van der Waals surface area contributed by atoms with Gasteiger partial charge in [0.1, 0.15) is 10.0 Å². The first-order valence-electron chi connectivity index (χ1n) is 8.42. The Hall–Kier alpha value is -2.22. The number of halogens is 2. The molecule has 3 heterocycles. The summed E-state index contributed by atoms with van der Waals surface area (Å²) >= 11 is 13.3. The minimum atomic E-state index is -0.375. The van der Waals surface area contributed by atoms with Crippen molar-refractivity contribution in [1.29, 1.82) is 0 Å². The summed E-state index contributed by atoms with van der Waals surface area (Å²) in [5.74, 6) is -0.658. The number of aryl methyl sites for hydroxylation is 1. The summed E-state index contributed by atoms with van der Waals surface area (Å²) in [5, 5.41) is 4.85. The maximum Gasteiger partial charge on any atom is 0.268 e. The number of aromatic amines is 1. The lowest BCUT2D eigenvalue weighted by Gasteiger charge is -2.31. The molecule has 0 spiro atoms. The van der Waals surface area contributed by atoms with Crippen molar-refractivity contribution in [3.8, 4) is 0 Å². The molecule has 0 fully saturated rings. The fourth-order valence-electron chi connectivity index (χ4n) is 3.14. The van der Waals surface area contributed by atoms with Crippen LogP contribution in [-0.4, -0.2) is 29.9 Å². The maximum absolute atomic E-state index is 12.3. The molecule has 3 aromatic rings. The normalized spacial score (nSPS) is 13.5. The number of aromatic nitrogens is 1. The molecule has 140 valence electrons. The Kier molecular flexibility index (Phi) is 4.99. The molecule has 2 aromatic heterocycles. The highest BCUT2D eigenvalue weighted by Gasteiger charge is 2.19. The Morgan fingerprint density at radius 3 is 2.89 bits per heavy atom. The van der Waals surface area contributed by atoms with Gasteiger partial charge in [-0.25, -0.2) is 0 Å². The van der Waals surface area contributed by atoms with E-state index in [1.807, 2.05) is 23.2 Å². The number of nitrogens with zero attached hydrogens (tertiary/aromatic N) is 1. The summed E-state index contributed by atoms with van der Waals surface area (Å²) in [7, 11) is 0. The molecular formula is C18H16Cl2N4O2S. The summed E-state index contributed by atoms with van der Waals surface area (Å²) in [6.45, 7) is 0.613. The van der Waals surface area contributed by atoms with Gasteiger partial charge in [-0.05, 0) is 30.5 Å². The van der Waals surface area contributed by atoms with Crippen LogP contribution in [-0.2, 0) is 11.2 Å². The minimum absolute atomic E-state index is 0.126. The van der Waals surface area contributed by atoms with E-state index in [-0.39, 0.29) is 18.4 Å². The first-order chi connectivity index (χ1) is 13.0. The van der Waals surface area contributed by atoms with Crippen LogP contribution in [0.25, 0.3) is 10.2 Å². The number of amides is 2. The van der Waals surface area contributed by atoms with Crippen LogP contribution in [0.3, 0.4) is 0 Å². The zero-order valence-corrected chi connectivity index (χ0v) is 16.5. The van der Waals surface area contributed by atoms with Gasteiger partial charge in [-0.1, -0.05) is 41.4 Å². The molecule has 27 heavy (non-hydrogen) atoms. The van der Waals surface area contributed by atoms with Crippen molar-refractivity contribution >= 4 is 62.3 Å². The zero-order chi connectivity index (χ0) is 19.0. The third-order valence-electron chi connectivity index (χ3n) is 4.40. The quantitative estimate of drug-likeness (QED) is 0.598. The molecule has 0 atom stereocenters. The lowest BCUT2D eigenvalue weighted by atomic mass is 10.0. The van der Waals surface area contributed by atoms with E-state index in [1.54, 1.807) is 6.07 Å². The number of carbonyl (C=O) groups is 2. The zero-order valence-electron chi connectivity index (χ0n) is 14.1. The minimum Gasteiger partial charge on any atom is -0.349 e. The second-order valence-corrected chi connectivity index (χ2v) is 8.25. The van der Waals surface area contributed by atoms with Gasteiger partial charge in [-0.3, -0.25) is 20.0 Å². The molecule has 1 aliphatic heterocycles. The van der Waals surface area contributed by atoms with Crippen LogP contribution in [0.15, 0.2) is 30.3 Å². The van der Waals surface area contributed by atoms with Gasteiger partial charge in [0, 0.05) is 6.54 Å². The van der Waals surface area contributed by atoms with E-state index in [1.165, 1.54) is 16.9 Å². The van der Waals surface area contributed by atoms with Crippen LogP contribution in [0.4, 0.5) is 5.69 Å².